The van der Waals surface area contributed by atoms with Crippen LogP contribution in [0.5, 0.6) is 0 Å². The molecule has 2 heterocycles. The number of nitrogens with one attached hydrogen (secondary N) is 3. The summed E-state index contributed by atoms with van der Waals surface area (Å²) in [6.45, 7) is 1.56. The van der Waals surface area contributed by atoms with Gasteiger partial charge in [0.05, 0.1) is 11.8 Å². The number of carbonyl (C=O) groups excluding carboxylic acids is 2. The summed E-state index contributed by atoms with van der Waals surface area (Å²) in [7, 11) is 1.69. The van der Waals surface area contributed by atoms with Crippen molar-refractivity contribution in [2.24, 2.45) is 0 Å². The van der Waals surface area contributed by atoms with Crippen molar-refractivity contribution in [3.05, 3.63) is 102 Å². The number of piperidine rings is 1. The number of aromatic amines is 1. The Kier molecular flexibility index (Phi) is 7.60. The fourth-order valence-corrected chi connectivity index (χ4v) is 4.53. The van der Waals surface area contributed by atoms with Gasteiger partial charge in [-0.05, 0) is 91.7 Å². The smallest absolute Gasteiger partial charge is 0.274 e. The Labute approximate surface area is 226 Å². The van der Waals surface area contributed by atoms with Crippen LogP contribution < -0.4 is 20.4 Å². The number of aliphatic hydroxyl groups is 1. The normalized spacial score (nSPS) is 13.7. The van der Waals surface area contributed by atoms with Crippen molar-refractivity contribution >= 4 is 40.3 Å². The summed E-state index contributed by atoms with van der Waals surface area (Å²) in [5.74, 6) is -1.01. The molecule has 0 aliphatic carbocycles. The number of rotatable bonds is 7. The maximum atomic E-state index is 14.9. The number of nitrogens with zero attached hydrogens (tertiary/aromatic N) is 2. The first-order valence-corrected chi connectivity index (χ1v) is 12.8. The third-order valence-corrected chi connectivity index (χ3v) is 6.85. The maximum absolute atomic E-state index is 14.9. The molecule has 1 fully saturated rings. The zero-order chi connectivity index (χ0) is 27.4. The van der Waals surface area contributed by atoms with Gasteiger partial charge in [-0.3, -0.25) is 9.59 Å². The van der Waals surface area contributed by atoms with Crippen LogP contribution in [0.25, 0.3) is 0 Å². The Morgan fingerprint density at radius 1 is 0.974 bits per heavy atom. The third kappa shape index (κ3) is 6.10. The van der Waals surface area contributed by atoms with Gasteiger partial charge in [0, 0.05) is 54.6 Å². The summed E-state index contributed by atoms with van der Waals surface area (Å²) in [4.78, 5) is 31.8. The molecule has 1 aliphatic rings. The molecule has 0 spiro atoms. The predicted molar refractivity (Wildman–Crippen MR) is 151 cm³/mol. The van der Waals surface area contributed by atoms with Crippen LogP contribution in [0.1, 0.15) is 33.7 Å². The molecule has 4 aromatic rings. The van der Waals surface area contributed by atoms with Gasteiger partial charge in [0.25, 0.3) is 11.8 Å². The zero-order valence-electron chi connectivity index (χ0n) is 21.5. The number of benzene rings is 3. The number of H-pyrrole nitrogens is 1. The van der Waals surface area contributed by atoms with Gasteiger partial charge in [-0.2, -0.15) is 0 Å². The first kappa shape index (κ1) is 26.0. The molecular weight excluding hydrogens is 497 g/mol. The van der Waals surface area contributed by atoms with Crippen molar-refractivity contribution in [2.75, 3.05) is 40.6 Å². The summed E-state index contributed by atoms with van der Waals surface area (Å²) in [5.41, 5.74) is 3.92. The van der Waals surface area contributed by atoms with Gasteiger partial charge in [-0.25, -0.2) is 4.39 Å². The van der Waals surface area contributed by atoms with Gasteiger partial charge in [0.2, 0.25) is 0 Å². The maximum Gasteiger partial charge on any atom is 0.274 e. The molecule has 2 amide bonds. The third-order valence-electron chi connectivity index (χ3n) is 6.85. The zero-order valence-corrected chi connectivity index (χ0v) is 21.5. The molecule has 0 atom stereocenters. The largest absolute Gasteiger partial charge is 0.393 e. The summed E-state index contributed by atoms with van der Waals surface area (Å²) in [6.07, 6.45) is 2.92. The van der Waals surface area contributed by atoms with Crippen molar-refractivity contribution in [1.82, 2.24) is 4.98 Å². The van der Waals surface area contributed by atoms with Crippen molar-refractivity contribution < 1.29 is 19.1 Å². The number of aliphatic hydroxyl groups excluding tert-OH is 1. The van der Waals surface area contributed by atoms with Gasteiger partial charge >= 0.3 is 0 Å². The van der Waals surface area contributed by atoms with Crippen LogP contribution in [-0.2, 0) is 0 Å². The summed E-state index contributed by atoms with van der Waals surface area (Å²) in [6, 6.07) is 22.3. The number of aromatic nitrogens is 1. The number of hydrogen-bond donors (Lipinski definition) is 4. The molecule has 3 aromatic carbocycles. The second-order valence-electron chi connectivity index (χ2n) is 9.53. The minimum atomic E-state index is -0.515. The topological polar surface area (TPSA) is 101 Å². The molecule has 39 heavy (non-hydrogen) atoms. The lowest BCUT2D eigenvalue weighted by atomic mass is 10.1. The van der Waals surface area contributed by atoms with Crippen molar-refractivity contribution in [3.8, 4) is 0 Å². The SMILES string of the molecule is CN(C(=O)c1ccc[nH]1)c1ccc(Nc2ccc(NC(=O)c3ccc(N4CCC(O)CC4)cc3)cc2F)cc1. The highest BCUT2D eigenvalue weighted by Gasteiger charge is 2.18. The molecule has 0 radical (unpaired) electrons. The molecule has 5 rings (SSSR count). The standard InChI is InChI=1S/C30H30FN5O3/c1-35(30(39)28-3-2-16-32-28)23-11-6-21(7-12-23)33-27-13-8-22(19-26(27)31)34-29(38)20-4-9-24(10-5-20)36-17-14-25(37)15-18-36/h2-13,16,19,25,32-33,37H,14-15,17-18H2,1H3,(H,34,38). The van der Waals surface area contributed by atoms with E-state index in [9.17, 15) is 19.1 Å². The summed E-state index contributed by atoms with van der Waals surface area (Å²) >= 11 is 0. The van der Waals surface area contributed by atoms with E-state index in [1.165, 1.54) is 11.0 Å². The fraction of sp³-hybridized carbons (Fsp3) is 0.200. The molecule has 0 unspecified atom stereocenters. The highest BCUT2D eigenvalue weighted by Crippen LogP contribution is 2.26. The number of carbonyl (C=O) groups is 2. The average Bonchev–Trinajstić information content (AvgIpc) is 3.50. The van der Waals surface area contributed by atoms with E-state index in [0.717, 1.165) is 31.6 Å². The van der Waals surface area contributed by atoms with Gasteiger partial charge in [0.1, 0.15) is 11.5 Å². The minimum absolute atomic E-state index is 0.164. The second kappa shape index (κ2) is 11.4. The molecule has 1 aliphatic heterocycles. The van der Waals surface area contributed by atoms with Crippen LogP contribution in [0.15, 0.2) is 85.1 Å². The van der Waals surface area contributed by atoms with Crippen LogP contribution in [0, 0.1) is 5.82 Å². The van der Waals surface area contributed by atoms with E-state index in [4.69, 9.17) is 0 Å². The molecule has 1 aromatic heterocycles. The fourth-order valence-electron chi connectivity index (χ4n) is 4.53. The van der Waals surface area contributed by atoms with Crippen LogP contribution in [0.4, 0.5) is 32.8 Å². The molecule has 9 heteroatoms. The molecular formula is C30H30FN5O3. The first-order chi connectivity index (χ1) is 18.9. The van der Waals surface area contributed by atoms with E-state index >= 15 is 0 Å². The van der Waals surface area contributed by atoms with Crippen molar-refractivity contribution in [1.29, 1.82) is 0 Å². The lowest BCUT2D eigenvalue weighted by Gasteiger charge is -2.31. The van der Waals surface area contributed by atoms with Gasteiger partial charge in [-0.1, -0.05) is 0 Å². The average molecular weight is 528 g/mol. The predicted octanol–water partition coefficient (Wildman–Crippen LogP) is 5.39. The number of halogens is 1. The van der Waals surface area contributed by atoms with Crippen molar-refractivity contribution in [2.45, 2.75) is 18.9 Å². The lowest BCUT2D eigenvalue weighted by molar-refractivity contribution is 0.0987. The highest BCUT2D eigenvalue weighted by molar-refractivity contribution is 6.05. The van der Waals surface area contributed by atoms with Gasteiger partial charge in [0.15, 0.2) is 0 Å². The van der Waals surface area contributed by atoms with Gasteiger partial charge in [-0.15, -0.1) is 0 Å². The van der Waals surface area contributed by atoms with Crippen LogP contribution in [0.3, 0.4) is 0 Å². The molecule has 4 N–H and O–H groups in total. The van der Waals surface area contributed by atoms with E-state index in [0.29, 0.717) is 28.3 Å². The van der Waals surface area contributed by atoms with E-state index < -0.39 is 5.82 Å². The lowest BCUT2D eigenvalue weighted by Crippen LogP contribution is -2.35. The summed E-state index contributed by atoms with van der Waals surface area (Å²) < 4.78 is 14.9. The van der Waals surface area contributed by atoms with E-state index in [-0.39, 0.29) is 23.6 Å². The molecule has 200 valence electrons. The summed E-state index contributed by atoms with van der Waals surface area (Å²) in [5, 5.41) is 15.5. The Bertz CT molecular complexity index is 1430. The van der Waals surface area contributed by atoms with E-state index in [2.05, 4.69) is 20.5 Å². The monoisotopic (exact) mass is 527 g/mol. The molecule has 0 bridgehead atoms. The molecule has 1 saturated heterocycles. The minimum Gasteiger partial charge on any atom is -0.393 e. The van der Waals surface area contributed by atoms with Crippen LogP contribution in [-0.4, -0.2) is 48.1 Å². The quantitative estimate of drug-likeness (QED) is 0.258. The second-order valence-corrected chi connectivity index (χ2v) is 9.53. The first-order valence-electron chi connectivity index (χ1n) is 12.8. The number of amides is 2. The highest BCUT2D eigenvalue weighted by atomic mass is 19.1. The Balaban J connectivity index is 1.18. The van der Waals surface area contributed by atoms with Gasteiger partial charge < -0.3 is 30.5 Å². The Morgan fingerprint density at radius 3 is 2.31 bits per heavy atom. The Morgan fingerprint density at radius 2 is 1.67 bits per heavy atom. The molecule has 8 nitrogen and oxygen atoms in total. The van der Waals surface area contributed by atoms with Crippen LogP contribution >= 0.6 is 0 Å². The van der Waals surface area contributed by atoms with Crippen molar-refractivity contribution in [3.63, 3.8) is 0 Å². The molecule has 0 saturated carbocycles. The Hall–Kier alpha value is -4.63. The van der Waals surface area contributed by atoms with E-state index in [1.54, 1.807) is 73.9 Å². The number of anilines is 5. The number of hydrogen-bond acceptors (Lipinski definition) is 5. The van der Waals surface area contributed by atoms with Crippen LogP contribution in [0.2, 0.25) is 0 Å². The van der Waals surface area contributed by atoms with E-state index in [1.807, 2.05) is 12.1 Å².